The zero-order valence-electron chi connectivity index (χ0n) is 12.8. The summed E-state index contributed by atoms with van der Waals surface area (Å²) in [5.41, 5.74) is 6.11. The molecule has 1 saturated heterocycles. The lowest BCUT2D eigenvalue weighted by atomic mass is 10.00. The van der Waals surface area contributed by atoms with Crippen molar-refractivity contribution in [1.29, 1.82) is 0 Å². The molecule has 4 heteroatoms. The van der Waals surface area contributed by atoms with Crippen LogP contribution in [-0.2, 0) is 19.5 Å². The molecule has 2 atom stereocenters. The molecule has 2 rings (SSSR count). The highest BCUT2D eigenvalue weighted by molar-refractivity contribution is 5.10. The molecule has 0 aliphatic carbocycles. The highest BCUT2D eigenvalue weighted by Gasteiger charge is 2.24. The molecule has 0 saturated carbocycles. The third kappa shape index (κ3) is 3.37. The Balaban J connectivity index is 1.99. The zero-order valence-corrected chi connectivity index (χ0v) is 12.8. The number of hydrazine groups is 1. The normalized spacial score (nSPS) is 24.8. The summed E-state index contributed by atoms with van der Waals surface area (Å²) in [4.78, 5) is 0. The average Bonchev–Trinajstić information content (AvgIpc) is 2.80. The Hall–Kier alpha value is -0.870. The molecule has 0 spiro atoms. The van der Waals surface area contributed by atoms with E-state index in [1.165, 1.54) is 30.7 Å². The van der Waals surface area contributed by atoms with Crippen molar-refractivity contribution in [2.24, 2.45) is 0 Å². The molecule has 1 aliphatic rings. The van der Waals surface area contributed by atoms with E-state index in [2.05, 4.69) is 54.0 Å². The fraction of sp³-hybridized carbons (Fsp3) is 0.800. The number of piperidine rings is 1. The second-order valence-corrected chi connectivity index (χ2v) is 5.67. The van der Waals surface area contributed by atoms with Gasteiger partial charge < -0.3 is 0 Å². The first-order valence-corrected chi connectivity index (χ1v) is 7.73. The molecule has 4 nitrogen and oxygen atoms in total. The van der Waals surface area contributed by atoms with E-state index in [0.29, 0.717) is 12.1 Å². The van der Waals surface area contributed by atoms with Crippen LogP contribution in [0.15, 0.2) is 6.07 Å². The molecule has 0 aromatic carbocycles. The SMILES string of the molecule is CCc1cc(CNN2C(C)CCCC2C)n(CC)n1. The van der Waals surface area contributed by atoms with Crippen LogP contribution >= 0.6 is 0 Å². The van der Waals surface area contributed by atoms with Gasteiger partial charge >= 0.3 is 0 Å². The van der Waals surface area contributed by atoms with Gasteiger partial charge in [0, 0.05) is 18.6 Å². The first-order chi connectivity index (χ1) is 9.15. The number of aryl methyl sites for hydroxylation is 2. The average molecular weight is 264 g/mol. The van der Waals surface area contributed by atoms with Crippen LogP contribution < -0.4 is 5.43 Å². The summed E-state index contributed by atoms with van der Waals surface area (Å²) >= 11 is 0. The van der Waals surface area contributed by atoms with E-state index in [0.717, 1.165) is 19.5 Å². The van der Waals surface area contributed by atoms with Crippen LogP contribution in [0.2, 0.25) is 0 Å². The van der Waals surface area contributed by atoms with E-state index in [1.54, 1.807) is 0 Å². The van der Waals surface area contributed by atoms with Crippen molar-refractivity contribution in [3.05, 3.63) is 17.5 Å². The van der Waals surface area contributed by atoms with Gasteiger partial charge in [0.1, 0.15) is 0 Å². The number of hydrogen-bond donors (Lipinski definition) is 1. The molecule has 2 unspecified atom stereocenters. The molecule has 1 aromatic rings. The van der Waals surface area contributed by atoms with E-state index in [9.17, 15) is 0 Å². The first-order valence-electron chi connectivity index (χ1n) is 7.73. The summed E-state index contributed by atoms with van der Waals surface area (Å²) < 4.78 is 2.12. The molecule has 0 radical (unpaired) electrons. The first kappa shape index (κ1) is 14.5. The maximum atomic E-state index is 4.61. The predicted molar refractivity (Wildman–Crippen MR) is 78.7 cm³/mol. The van der Waals surface area contributed by atoms with Gasteiger partial charge in [-0.3, -0.25) is 4.68 Å². The lowest BCUT2D eigenvalue weighted by Crippen LogP contribution is -2.51. The second kappa shape index (κ2) is 6.53. The van der Waals surface area contributed by atoms with E-state index in [1.807, 2.05) is 0 Å². The van der Waals surface area contributed by atoms with Crippen LogP contribution in [0.4, 0.5) is 0 Å². The fourth-order valence-corrected chi connectivity index (χ4v) is 3.01. The number of nitrogens with zero attached hydrogens (tertiary/aromatic N) is 3. The molecule has 1 aliphatic heterocycles. The Labute approximate surface area is 117 Å². The smallest absolute Gasteiger partial charge is 0.0625 e. The van der Waals surface area contributed by atoms with Crippen LogP contribution in [-0.4, -0.2) is 26.9 Å². The topological polar surface area (TPSA) is 33.1 Å². The van der Waals surface area contributed by atoms with Crippen LogP contribution in [0.5, 0.6) is 0 Å². The molecule has 1 aromatic heterocycles. The van der Waals surface area contributed by atoms with Crippen LogP contribution in [0, 0.1) is 0 Å². The van der Waals surface area contributed by atoms with Gasteiger partial charge in [-0.05, 0) is 46.1 Å². The molecule has 2 heterocycles. The molecular weight excluding hydrogens is 236 g/mol. The van der Waals surface area contributed by atoms with Crippen LogP contribution in [0.3, 0.4) is 0 Å². The molecule has 1 fully saturated rings. The Morgan fingerprint density at radius 1 is 1.26 bits per heavy atom. The van der Waals surface area contributed by atoms with Gasteiger partial charge in [-0.25, -0.2) is 10.4 Å². The summed E-state index contributed by atoms with van der Waals surface area (Å²) in [6, 6.07) is 3.50. The van der Waals surface area contributed by atoms with Crippen LogP contribution in [0.25, 0.3) is 0 Å². The maximum absolute atomic E-state index is 4.61. The lowest BCUT2D eigenvalue weighted by molar-refractivity contribution is 0.0426. The van der Waals surface area contributed by atoms with Crippen molar-refractivity contribution in [1.82, 2.24) is 20.2 Å². The van der Waals surface area contributed by atoms with Crippen molar-refractivity contribution in [2.75, 3.05) is 0 Å². The van der Waals surface area contributed by atoms with Crippen molar-refractivity contribution in [2.45, 2.75) is 78.6 Å². The van der Waals surface area contributed by atoms with Gasteiger partial charge in [0.25, 0.3) is 0 Å². The molecule has 0 amide bonds. The zero-order chi connectivity index (χ0) is 13.8. The summed E-state index contributed by atoms with van der Waals surface area (Å²) in [5, 5.41) is 7.04. The highest BCUT2D eigenvalue weighted by atomic mass is 15.5. The fourth-order valence-electron chi connectivity index (χ4n) is 3.01. The van der Waals surface area contributed by atoms with Gasteiger partial charge in [-0.15, -0.1) is 0 Å². The third-order valence-electron chi connectivity index (χ3n) is 4.21. The highest BCUT2D eigenvalue weighted by Crippen LogP contribution is 2.20. The Morgan fingerprint density at radius 2 is 1.95 bits per heavy atom. The number of nitrogens with one attached hydrogen (secondary N) is 1. The van der Waals surface area contributed by atoms with Gasteiger partial charge in [0.2, 0.25) is 0 Å². The third-order valence-corrected chi connectivity index (χ3v) is 4.21. The van der Waals surface area contributed by atoms with Gasteiger partial charge in [-0.1, -0.05) is 13.3 Å². The molecule has 108 valence electrons. The lowest BCUT2D eigenvalue weighted by Gasteiger charge is -2.39. The van der Waals surface area contributed by atoms with E-state index >= 15 is 0 Å². The maximum Gasteiger partial charge on any atom is 0.0625 e. The van der Waals surface area contributed by atoms with Crippen molar-refractivity contribution >= 4 is 0 Å². The Morgan fingerprint density at radius 3 is 2.53 bits per heavy atom. The largest absolute Gasteiger partial charge is 0.268 e. The predicted octanol–water partition coefficient (Wildman–Crippen LogP) is 2.73. The number of rotatable bonds is 5. The summed E-state index contributed by atoms with van der Waals surface area (Å²) in [7, 11) is 0. The van der Waals surface area contributed by atoms with E-state index < -0.39 is 0 Å². The standard InChI is InChI=1S/C15H28N4/c1-5-14-10-15(18(6-2)17-14)11-16-19-12(3)8-7-9-13(19)4/h10,12-13,16H,5-9,11H2,1-4H3. The number of hydrogen-bond acceptors (Lipinski definition) is 3. The summed E-state index contributed by atoms with van der Waals surface area (Å²) in [6.45, 7) is 10.8. The van der Waals surface area contributed by atoms with Gasteiger partial charge in [0.05, 0.1) is 17.9 Å². The van der Waals surface area contributed by atoms with Crippen molar-refractivity contribution < 1.29 is 0 Å². The minimum Gasteiger partial charge on any atom is -0.268 e. The van der Waals surface area contributed by atoms with Crippen LogP contribution in [0.1, 0.15) is 58.3 Å². The number of aromatic nitrogens is 2. The monoisotopic (exact) mass is 264 g/mol. The molecule has 19 heavy (non-hydrogen) atoms. The van der Waals surface area contributed by atoms with Crippen molar-refractivity contribution in [3.8, 4) is 0 Å². The summed E-state index contributed by atoms with van der Waals surface area (Å²) in [5.74, 6) is 0. The van der Waals surface area contributed by atoms with E-state index in [4.69, 9.17) is 0 Å². The molecule has 0 bridgehead atoms. The van der Waals surface area contributed by atoms with E-state index in [-0.39, 0.29) is 0 Å². The Bertz CT molecular complexity index is 389. The Kier molecular flexibility index (Phi) is 4.99. The van der Waals surface area contributed by atoms with Gasteiger partial charge in [-0.2, -0.15) is 5.10 Å². The minimum absolute atomic E-state index is 0.632. The quantitative estimate of drug-likeness (QED) is 0.887. The minimum atomic E-state index is 0.632. The molecular formula is C15H28N4. The van der Waals surface area contributed by atoms with Crippen molar-refractivity contribution in [3.63, 3.8) is 0 Å². The molecule has 1 N–H and O–H groups in total. The summed E-state index contributed by atoms with van der Waals surface area (Å²) in [6.07, 6.45) is 4.96. The van der Waals surface area contributed by atoms with Gasteiger partial charge in [0.15, 0.2) is 0 Å². The second-order valence-electron chi connectivity index (χ2n) is 5.67.